The molecule has 2 aliphatic heterocycles. The summed E-state index contributed by atoms with van der Waals surface area (Å²) in [6, 6.07) is 12.0. The topological polar surface area (TPSA) is 58.6 Å². The maximum absolute atomic E-state index is 12.5. The number of nitrogens with zero attached hydrogens (tertiary/aromatic N) is 1. The molecule has 2 saturated heterocycles. The normalized spacial score (nSPS) is 21.2. The molecule has 164 valence electrons. The van der Waals surface area contributed by atoms with Gasteiger partial charge in [-0.05, 0) is 81.2 Å². The first-order chi connectivity index (χ1) is 15.0. The molecule has 2 aliphatic rings. The summed E-state index contributed by atoms with van der Waals surface area (Å²) < 4.78 is 5.65. The standard InChI is InChI=1S/C24H26Cl2N2O3/c25-20-11-8-17(14-21(20)26)23(29)27-19-9-6-16(7-10-19)24(30)31-15-18-4-3-13-28-12-2-1-5-22(18)28/h6-11,14,18,22H,1-5,12-13,15H2,(H,27,29). The molecule has 7 heteroatoms. The fourth-order valence-electron chi connectivity index (χ4n) is 4.57. The summed E-state index contributed by atoms with van der Waals surface area (Å²) in [5.41, 5.74) is 1.46. The minimum atomic E-state index is -0.324. The Morgan fingerprint density at radius 3 is 2.45 bits per heavy atom. The number of rotatable bonds is 5. The van der Waals surface area contributed by atoms with E-state index in [0.717, 1.165) is 6.42 Å². The smallest absolute Gasteiger partial charge is 0.338 e. The zero-order valence-electron chi connectivity index (χ0n) is 17.3. The molecule has 2 fully saturated rings. The summed E-state index contributed by atoms with van der Waals surface area (Å²) in [7, 11) is 0. The number of piperidine rings is 2. The molecule has 31 heavy (non-hydrogen) atoms. The summed E-state index contributed by atoms with van der Waals surface area (Å²) in [6.45, 7) is 2.81. The zero-order chi connectivity index (χ0) is 21.8. The second-order valence-corrected chi connectivity index (χ2v) is 9.07. The number of amides is 1. The Morgan fingerprint density at radius 1 is 0.935 bits per heavy atom. The van der Waals surface area contributed by atoms with Crippen molar-refractivity contribution < 1.29 is 14.3 Å². The predicted molar refractivity (Wildman–Crippen MR) is 123 cm³/mol. The van der Waals surface area contributed by atoms with Gasteiger partial charge in [0, 0.05) is 23.2 Å². The first kappa shape index (κ1) is 22.1. The van der Waals surface area contributed by atoms with Crippen LogP contribution in [0, 0.1) is 5.92 Å². The van der Waals surface area contributed by atoms with Crippen LogP contribution in [0.25, 0.3) is 0 Å². The molecule has 2 aromatic carbocycles. The molecule has 0 saturated carbocycles. The summed E-state index contributed by atoms with van der Waals surface area (Å²) >= 11 is 11.9. The molecule has 1 amide bonds. The van der Waals surface area contributed by atoms with Gasteiger partial charge in [0.05, 0.1) is 22.2 Å². The van der Waals surface area contributed by atoms with E-state index in [2.05, 4.69) is 10.2 Å². The quantitative estimate of drug-likeness (QED) is 0.584. The minimum Gasteiger partial charge on any atom is -0.462 e. The predicted octanol–water partition coefficient (Wildman–Crippen LogP) is 5.67. The van der Waals surface area contributed by atoms with Gasteiger partial charge < -0.3 is 10.1 Å². The van der Waals surface area contributed by atoms with Crippen molar-refractivity contribution >= 4 is 40.8 Å². The SMILES string of the molecule is O=C(Nc1ccc(C(=O)OCC2CCCN3CCCCC23)cc1)c1ccc(Cl)c(Cl)c1. The number of carbonyl (C=O) groups is 2. The van der Waals surface area contributed by atoms with E-state index in [4.69, 9.17) is 27.9 Å². The first-order valence-electron chi connectivity index (χ1n) is 10.8. The van der Waals surface area contributed by atoms with Crippen LogP contribution >= 0.6 is 23.2 Å². The number of nitrogens with one attached hydrogen (secondary N) is 1. The van der Waals surface area contributed by atoms with E-state index in [9.17, 15) is 9.59 Å². The highest BCUT2D eigenvalue weighted by molar-refractivity contribution is 6.42. The highest BCUT2D eigenvalue weighted by Gasteiger charge is 2.33. The number of benzene rings is 2. The Labute approximate surface area is 192 Å². The van der Waals surface area contributed by atoms with Crippen molar-refractivity contribution in [3.63, 3.8) is 0 Å². The maximum Gasteiger partial charge on any atom is 0.338 e. The summed E-state index contributed by atoms with van der Waals surface area (Å²) in [5.74, 6) is -0.207. The lowest BCUT2D eigenvalue weighted by Gasteiger charge is -2.44. The van der Waals surface area contributed by atoms with Crippen molar-refractivity contribution in [2.24, 2.45) is 5.92 Å². The van der Waals surface area contributed by atoms with Gasteiger partial charge in [-0.2, -0.15) is 0 Å². The van der Waals surface area contributed by atoms with Crippen LogP contribution in [0.1, 0.15) is 52.8 Å². The molecule has 1 N–H and O–H groups in total. The van der Waals surface area contributed by atoms with Gasteiger partial charge >= 0.3 is 5.97 Å². The molecule has 0 aliphatic carbocycles. The van der Waals surface area contributed by atoms with E-state index in [1.54, 1.807) is 36.4 Å². The lowest BCUT2D eigenvalue weighted by atomic mass is 9.84. The molecule has 0 bridgehead atoms. The van der Waals surface area contributed by atoms with Crippen molar-refractivity contribution in [3.05, 3.63) is 63.6 Å². The second kappa shape index (κ2) is 10.0. The van der Waals surface area contributed by atoms with Gasteiger partial charge in [-0.3, -0.25) is 9.69 Å². The third-order valence-corrected chi connectivity index (χ3v) is 6.96. The van der Waals surface area contributed by atoms with Gasteiger partial charge in [0.1, 0.15) is 0 Å². The van der Waals surface area contributed by atoms with Crippen LogP contribution in [0.3, 0.4) is 0 Å². The summed E-state index contributed by atoms with van der Waals surface area (Å²) in [4.78, 5) is 27.5. The highest BCUT2D eigenvalue weighted by Crippen LogP contribution is 2.31. The van der Waals surface area contributed by atoms with Crippen LogP contribution in [0.2, 0.25) is 10.0 Å². The molecule has 5 nitrogen and oxygen atoms in total. The molecule has 0 aromatic heterocycles. The van der Waals surface area contributed by atoms with Gasteiger partial charge in [-0.1, -0.05) is 29.6 Å². The molecule has 0 radical (unpaired) electrons. The monoisotopic (exact) mass is 460 g/mol. The Hall–Kier alpha value is -2.08. The van der Waals surface area contributed by atoms with Crippen molar-refractivity contribution in [1.82, 2.24) is 4.90 Å². The number of anilines is 1. The van der Waals surface area contributed by atoms with Gasteiger partial charge in [0.2, 0.25) is 0 Å². The van der Waals surface area contributed by atoms with Crippen LogP contribution in [0.15, 0.2) is 42.5 Å². The molecule has 2 unspecified atom stereocenters. The Bertz CT molecular complexity index is 946. The molecule has 0 spiro atoms. The Kier molecular flexibility index (Phi) is 7.16. The van der Waals surface area contributed by atoms with Gasteiger partial charge in [0.25, 0.3) is 5.91 Å². The molecular weight excluding hydrogens is 435 g/mol. The van der Waals surface area contributed by atoms with Crippen LogP contribution in [-0.4, -0.2) is 42.5 Å². The highest BCUT2D eigenvalue weighted by atomic mass is 35.5. The summed E-state index contributed by atoms with van der Waals surface area (Å²) in [5, 5.41) is 3.50. The molecule has 2 aromatic rings. The number of ether oxygens (including phenoxy) is 1. The number of fused-ring (bicyclic) bond motifs is 1. The lowest BCUT2D eigenvalue weighted by molar-refractivity contribution is 0.00739. The average molecular weight is 461 g/mol. The van der Waals surface area contributed by atoms with E-state index >= 15 is 0 Å². The molecule has 2 heterocycles. The van der Waals surface area contributed by atoms with E-state index in [0.29, 0.717) is 45.4 Å². The van der Waals surface area contributed by atoms with E-state index in [1.807, 2.05) is 0 Å². The Balaban J connectivity index is 1.31. The summed E-state index contributed by atoms with van der Waals surface area (Å²) in [6.07, 6.45) is 6.04. The van der Waals surface area contributed by atoms with Crippen LogP contribution in [0.5, 0.6) is 0 Å². The van der Waals surface area contributed by atoms with Gasteiger partial charge in [-0.25, -0.2) is 4.79 Å². The second-order valence-electron chi connectivity index (χ2n) is 8.26. The van der Waals surface area contributed by atoms with Crippen molar-refractivity contribution in [3.8, 4) is 0 Å². The van der Waals surface area contributed by atoms with Crippen molar-refractivity contribution in [1.29, 1.82) is 0 Å². The minimum absolute atomic E-state index is 0.303. The fourth-order valence-corrected chi connectivity index (χ4v) is 4.87. The van der Waals surface area contributed by atoms with Crippen molar-refractivity contribution in [2.75, 3.05) is 25.0 Å². The van der Waals surface area contributed by atoms with Crippen LogP contribution < -0.4 is 5.32 Å². The number of halogens is 2. The lowest BCUT2D eigenvalue weighted by Crippen LogP contribution is -2.49. The third kappa shape index (κ3) is 5.40. The molecular formula is C24H26Cl2N2O3. The van der Waals surface area contributed by atoms with Gasteiger partial charge in [0.15, 0.2) is 0 Å². The molecule has 4 rings (SSSR count). The number of esters is 1. The number of carbonyl (C=O) groups excluding carboxylic acids is 2. The van der Waals surface area contributed by atoms with E-state index in [1.165, 1.54) is 44.8 Å². The molecule has 2 atom stereocenters. The zero-order valence-corrected chi connectivity index (χ0v) is 18.8. The van der Waals surface area contributed by atoms with Crippen LogP contribution in [-0.2, 0) is 4.74 Å². The van der Waals surface area contributed by atoms with Crippen molar-refractivity contribution in [2.45, 2.75) is 38.1 Å². The third-order valence-electron chi connectivity index (χ3n) is 6.22. The van der Waals surface area contributed by atoms with Gasteiger partial charge in [-0.15, -0.1) is 0 Å². The fraction of sp³-hybridized carbons (Fsp3) is 0.417. The largest absolute Gasteiger partial charge is 0.462 e. The van der Waals surface area contributed by atoms with E-state index in [-0.39, 0.29) is 11.9 Å². The maximum atomic E-state index is 12.5. The van der Waals surface area contributed by atoms with Crippen LogP contribution in [0.4, 0.5) is 5.69 Å². The Morgan fingerprint density at radius 2 is 1.68 bits per heavy atom. The average Bonchev–Trinajstić information content (AvgIpc) is 2.79. The first-order valence-corrected chi connectivity index (χ1v) is 11.5. The number of hydrogen-bond donors (Lipinski definition) is 1. The number of hydrogen-bond acceptors (Lipinski definition) is 4. The van der Waals surface area contributed by atoms with E-state index < -0.39 is 0 Å².